The van der Waals surface area contributed by atoms with Gasteiger partial charge in [-0.3, -0.25) is 0 Å². The van der Waals surface area contributed by atoms with Gasteiger partial charge < -0.3 is 10.1 Å². The Bertz CT molecular complexity index is 190. The lowest BCUT2D eigenvalue weighted by molar-refractivity contribution is 0.0983. The van der Waals surface area contributed by atoms with Crippen molar-refractivity contribution in [3.05, 3.63) is 0 Å². The van der Waals surface area contributed by atoms with Crippen molar-refractivity contribution in [3.63, 3.8) is 0 Å². The van der Waals surface area contributed by atoms with Crippen molar-refractivity contribution < 1.29 is 9.53 Å². The molecular formula is C11H21NO2. The Kier molecular flexibility index (Phi) is 3.78. The number of amides is 1. The number of rotatable bonds is 2. The first-order chi connectivity index (χ1) is 6.47. The zero-order valence-corrected chi connectivity index (χ0v) is 9.43. The Labute approximate surface area is 86.2 Å². The minimum Gasteiger partial charge on any atom is -0.446 e. The quantitative estimate of drug-likeness (QED) is 0.742. The van der Waals surface area contributed by atoms with Crippen LogP contribution in [0.15, 0.2) is 0 Å². The van der Waals surface area contributed by atoms with Crippen LogP contribution in [0.3, 0.4) is 0 Å². The highest BCUT2D eigenvalue weighted by molar-refractivity contribution is 5.67. The Balaban J connectivity index is 2.15. The summed E-state index contributed by atoms with van der Waals surface area (Å²) in [6.07, 6.45) is 4.35. The van der Waals surface area contributed by atoms with E-state index in [2.05, 4.69) is 26.1 Å². The van der Waals surface area contributed by atoms with Crippen LogP contribution in [0.1, 0.15) is 46.5 Å². The highest BCUT2D eigenvalue weighted by atomic mass is 16.6. The smallest absolute Gasteiger partial charge is 0.407 e. The molecule has 1 rings (SSSR count). The summed E-state index contributed by atoms with van der Waals surface area (Å²) in [5, 5.41) is 2.79. The van der Waals surface area contributed by atoms with E-state index in [1.165, 1.54) is 12.8 Å². The zero-order valence-electron chi connectivity index (χ0n) is 9.43. The van der Waals surface area contributed by atoms with Crippen LogP contribution in [-0.4, -0.2) is 18.7 Å². The van der Waals surface area contributed by atoms with E-state index in [0.29, 0.717) is 6.54 Å². The fraction of sp³-hybridized carbons (Fsp3) is 0.909. The van der Waals surface area contributed by atoms with Gasteiger partial charge in [0.25, 0.3) is 0 Å². The first-order valence-corrected chi connectivity index (χ1v) is 5.42. The van der Waals surface area contributed by atoms with Crippen molar-refractivity contribution in [2.24, 2.45) is 5.41 Å². The first-order valence-electron chi connectivity index (χ1n) is 5.42. The fourth-order valence-corrected chi connectivity index (χ4v) is 1.54. The molecule has 0 aromatic rings. The molecule has 1 amide bonds. The lowest BCUT2D eigenvalue weighted by atomic mass is 9.97. The van der Waals surface area contributed by atoms with Crippen LogP contribution in [0.25, 0.3) is 0 Å². The number of hydrogen-bond donors (Lipinski definition) is 1. The molecule has 3 heteroatoms. The van der Waals surface area contributed by atoms with Gasteiger partial charge in [-0.05, 0) is 31.1 Å². The molecule has 0 aromatic heterocycles. The highest BCUT2D eigenvalue weighted by Gasteiger charge is 2.20. The number of ether oxygens (including phenoxy) is 1. The zero-order chi connectivity index (χ0) is 10.6. The Morgan fingerprint density at radius 1 is 1.36 bits per heavy atom. The number of carbonyl (C=O) groups is 1. The summed E-state index contributed by atoms with van der Waals surface area (Å²) >= 11 is 0. The van der Waals surface area contributed by atoms with Crippen molar-refractivity contribution in [3.8, 4) is 0 Å². The summed E-state index contributed by atoms with van der Waals surface area (Å²) in [5.41, 5.74) is 0.120. The number of carbonyl (C=O) groups excluding carboxylic acids is 1. The largest absolute Gasteiger partial charge is 0.446 e. The average molecular weight is 199 g/mol. The van der Waals surface area contributed by atoms with E-state index in [4.69, 9.17) is 4.74 Å². The van der Waals surface area contributed by atoms with Crippen LogP contribution in [-0.2, 0) is 4.74 Å². The number of alkyl carbamates (subject to hydrolysis) is 1. The molecule has 0 unspecified atom stereocenters. The molecule has 1 aliphatic carbocycles. The molecule has 3 nitrogen and oxygen atoms in total. The molecule has 0 aromatic carbocycles. The molecule has 0 saturated heterocycles. The van der Waals surface area contributed by atoms with Gasteiger partial charge in [-0.2, -0.15) is 0 Å². The van der Waals surface area contributed by atoms with E-state index in [9.17, 15) is 4.79 Å². The average Bonchev–Trinajstić information content (AvgIpc) is 2.52. The minimum absolute atomic E-state index is 0.120. The lowest BCUT2D eigenvalue weighted by Gasteiger charge is -2.19. The van der Waals surface area contributed by atoms with Gasteiger partial charge >= 0.3 is 6.09 Å². The van der Waals surface area contributed by atoms with Crippen LogP contribution >= 0.6 is 0 Å². The summed E-state index contributed by atoms with van der Waals surface area (Å²) < 4.78 is 5.26. The lowest BCUT2D eigenvalue weighted by Crippen LogP contribution is -2.34. The van der Waals surface area contributed by atoms with E-state index in [0.717, 1.165) is 12.8 Å². The number of hydrogen-bond acceptors (Lipinski definition) is 2. The summed E-state index contributed by atoms with van der Waals surface area (Å²) in [5.74, 6) is 0. The first kappa shape index (κ1) is 11.3. The van der Waals surface area contributed by atoms with Crippen molar-refractivity contribution in [1.29, 1.82) is 0 Å². The Morgan fingerprint density at radius 3 is 2.43 bits per heavy atom. The Morgan fingerprint density at radius 2 is 1.93 bits per heavy atom. The van der Waals surface area contributed by atoms with Crippen molar-refractivity contribution in [2.75, 3.05) is 6.54 Å². The topological polar surface area (TPSA) is 38.3 Å². The second-order valence-electron chi connectivity index (χ2n) is 5.23. The van der Waals surface area contributed by atoms with Gasteiger partial charge in [0.2, 0.25) is 0 Å². The molecule has 14 heavy (non-hydrogen) atoms. The standard InChI is InChI=1S/C11H21NO2/c1-11(2,3)8-12-10(13)14-9-6-4-5-7-9/h9H,4-8H2,1-3H3,(H,12,13). The second-order valence-corrected chi connectivity index (χ2v) is 5.23. The van der Waals surface area contributed by atoms with E-state index >= 15 is 0 Å². The van der Waals surface area contributed by atoms with Gasteiger partial charge in [-0.1, -0.05) is 20.8 Å². The van der Waals surface area contributed by atoms with E-state index < -0.39 is 0 Å². The predicted octanol–water partition coefficient (Wildman–Crippen LogP) is 2.70. The minimum atomic E-state index is -0.258. The van der Waals surface area contributed by atoms with Gasteiger partial charge in [-0.15, -0.1) is 0 Å². The van der Waals surface area contributed by atoms with Crippen LogP contribution in [0, 0.1) is 5.41 Å². The second kappa shape index (κ2) is 4.67. The van der Waals surface area contributed by atoms with Crippen LogP contribution < -0.4 is 5.32 Å². The molecule has 0 heterocycles. The predicted molar refractivity (Wildman–Crippen MR) is 56.2 cm³/mol. The monoisotopic (exact) mass is 199 g/mol. The molecule has 1 saturated carbocycles. The van der Waals surface area contributed by atoms with E-state index in [1.807, 2.05) is 0 Å². The molecule has 1 fully saturated rings. The summed E-state index contributed by atoms with van der Waals surface area (Å²) in [4.78, 5) is 11.3. The van der Waals surface area contributed by atoms with E-state index in [1.54, 1.807) is 0 Å². The SMILES string of the molecule is CC(C)(C)CNC(=O)OC1CCCC1. The Hall–Kier alpha value is -0.730. The van der Waals surface area contributed by atoms with Gasteiger partial charge in [0.05, 0.1) is 0 Å². The van der Waals surface area contributed by atoms with Crippen molar-refractivity contribution in [1.82, 2.24) is 5.32 Å². The van der Waals surface area contributed by atoms with Crippen LogP contribution in [0.2, 0.25) is 0 Å². The van der Waals surface area contributed by atoms with Crippen LogP contribution in [0.5, 0.6) is 0 Å². The molecular weight excluding hydrogens is 178 g/mol. The maximum Gasteiger partial charge on any atom is 0.407 e. The molecule has 0 atom stereocenters. The van der Waals surface area contributed by atoms with Gasteiger partial charge in [-0.25, -0.2) is 4.79 Å². The number of nitrogens with one attached hydrogen (secondary N) is 1. The fourth-order valence-electron chi connectivity index (χ4n) is 1.54. The van der Waals surface area contributed by atoms with Gasteiger partial charge in [0, 0.05) is 6.54 Å². The van der Waals surface area contributed by atoms with Gasteiger partial charge in [0.15, 0.2) is 0 Å². The molecule has 0 spiro atoms. The molecule has 0 aliphatic heterocycles. The maximum atomic E-state index is 11.3. The highest BCUT2D eigenvalue weighted by Crippen LogP contribution is 2.21. The third-order valence-corrected chi connectivity index (χ3v) is 2.34. The molecule has 1 aliphatic rings. The maximum absolute atomic E-state index is 11.3. The third-order valence-electron chi connectivity index (χ3n) is 2.34. The molecule has 1 N–H and O–H groups in total. The van der Waals surface area contributed by atoms with Crippen LogP contribution in [0.4, 0.5) is 4.79 Å². The van der Waals surface area contributed by atoms with E-state index in [-0.39, 0.29) is 17.6 Å². The third kappa shape index (κ3) is 4.49. The molecule has 0 bridgehead atoms. The molecule has 0 radical (unpaired) electrons. The summed E-state index contributed by atoms with van der Waals surface area (Å²) in [6.45, 7) is 6.92. The van der Waals surface area contributed by atoms with Crippen molar-refractivity contribution in [2.45, 2.75) is 52.6 Å². The van der Waals surface area contributed by atoms with Crippen molar-refractivity contribution >= 4 is 6.09 Å². The summed E-state index contributed by atoms with van der Waals surface area (Å²) in [6, 6.07) is 0. The summed E-state index contributed by atoms with van der Waals surface area (Å²) in [7, 11) is 0. The normalized spacial score (nSPS) is 18.2. The molecule has 82 valence electrons. The van der Waals surface area contributed by atoms with Gasteiger partial charge in [0.1, 0.15) is 6.10 Å².